The number of amides is 1. The topological polar surface area (TPSA) is 73.0 Å². The van der Waals surface area contributed by atoms with Crippen molar-refractivity contribution < 1.29 is 13.2 Å². The Morgan fingerprint density at radius 3 is 2.61 bits per heavy atom. The van der Waals surface area contributed by atoms with E-state index in [1.165, 1.54) is 22.7 Å². The zero-order valence-electron chi connectivity index (χ0n) is 14.0. The zero-order valence-corrected chi connectivity index (χ0v) is 14.8. The van der Waals surface area contributed by atoms with Gasteiger partial charge in [-0.05, 0) is 24.7 Å². The van der Waals surface area contributed by atoms with Crippen LogP contribution >= 0.6 is 0 Å². The number of nitrogens with one attached hydrogen (secondary N) is 1. The average molecular weight is 340 g/mol. The molecule has 1 aromatic carbocycles. The molecule has 128 valence electrons. The lowest BCUT2D eigenvalue weighted by Gasteiger charge is -2.39. The number of carbonyl (C=O) groups is 1. The van der Waals surface area contributed by atoms with Gasteiger partial charge >= 0.3 is 0 Å². The van der Waals surface area contributed by atoms with Gasteiger partial charge in [0.05, 0.1) is 0 Å². The van der Waals surface area contributed by atoms with E-state index in [4.69, 9.17) is 0 Å². The fraction of sp³-hybridized carbons (Fsp3) is 0.533. The molecule has 0 radical (unpaired) electrons. The normalized spacial score (nSPS) is 20.7. The van der Waals surface area contributed by atoms with Crippen LogP contribution < -0.4 is 5.32 Å². The second kappa shape index (κ2) is 6.96. The molecule has 8 heteroatoms. The van der Waals surface area contributed by atoms with Crippen molar-refractivity contribution in [2.45, 2.75) is 6.04 Å². The van der Waals surface area contributed by atoms with Crippen LogP contribution in [0.2, 0.25) is 0 Å². The molecule has 0 spiro atoms. The van der Waals surface area contributed by atoms with Crippen LogP contribution in [0.1, 0.15) is 22.0 Å². The van der Waals surface area contributed by atoms with Crippen molar-refractivity contribution in [1.29, 1.82) is 0 Å². The van der Waals surface area contributed by atoms with Gasteiger partial charge in [0.2, 0.25) is 0 Å². The Morgan fingerprint density at radius 2 is 2.00 bits per heavy atom. The smallest absolute Gasteiger partial charge is 0.281 e. The standard InChI is InChI=1S/C15H24N4O3S/c1-16-15(20)13-7-5-6-12(10-13)14-11-19(9-8-18(14)4)23(21,22)17(2)3/h5-7,10,14H,8-9,11H2,1-4H3,(H,16,20)/t14-/m1/s1. The number of rotatable bonds is 4. The number of hydrogen-bond donors (Lipinski definition) is 1. The number of piperazine rings is 1. The molecule has 0 aromatic heterocycles. The van der Waals surface area contributed by atoms with E-state index in [2.05, 4.69) is 10.2 Å². The Morgan fingerprint density at radius 1 is 1.30 bits per heavy atom. The summed E-state index contributed by atoms with van der Waals surface area (Å²) in [6.45, 7) is 1.47. The predicted molar refractivity (Wildman–Crippen MR) is 89.4 cm³/mol. The van der Waals surface area contributed by atoms with Crippen LogP contribution in [0.5, 0.6) is 0 Å². The summed E-state index contributed by atoms with van der Waals surface area (Å²) in [5.41, 5.74) is 1.51. The van der Waals surface area contributed by atoms with Crippen LogP contribution in [-0.2, 0) is 10.2 Å². The van der Waals surface area contributed by atoms with Crippen LogP contribution in [0.15, 0.2) is 24.3 Å². The molecule has 0 unspecified atom stereocenters. The lowest BCUT2D eigenvalue weighted by Crippen LogP contribution is -2.51. The average Bonchev–Trinajstić information content (AvgIpc) is 2.54. The van der Waals surface area contributed by atoms with Crippen LogP contribution in [0.25, 0.3) is 0 Å². The number of nitrogens with zero attached hydrogens (tertiary/aromatic N) is 3. The molecule has 1 aliphatic rings. The van der Waals surface area contributed by atoms with E-state index < -0.39 is 10.2 Å². The molecule has 1 aliphatic heterocycles. The molecule has 2 rings (SSSR count). The molecule has 1 fully saturated rings. The van der Waals surface area contributed by atoms with Crippen LogP contribution in [0.4, 0.5) is 0 Å². The van der Waals surface area contributed by atoms with E-state index in [9.17, 15) is 13.2 Å². The molecule has 7 nitrogen and oxygen atoms in total. The Hall–Kier alpha value is -1.48. The van der Waals surface area contributed by atoms with Gasteiger partial charge in [-0.3, -0.25) is 9.69 Å². The third kappa shape index (κ3) is 3.72. The third-order valence-electron chi connectivity index (χ3n) is 4.16. The van der Waals surface area contributed by atoms with E-state index in [-0.39, 0.29) is 11.9 Å². The highest BCUT2D eigenvalue weighted by molar-refractivity contribution is 7.86. The molecular formula is C15H24N4O3S. The summed E-state index contributed by atoms with van der Waals surface area (Å²) in [7, 11) is 3.20. The highest BCUT2D eigenvalue weighted by Crippen LogP contribution is 2.26. The van der Waals surface area contributed by atoms with Gasteiger partial charge in [0.15, 0.2) is 0 Å². The van der Waals surface area contributed by atoms with Crippen LogP contribution in [-0.4, -0.2) is 75.7 Å². The first-order valence-corrected chi connectivity index (χ1v) is 8.87. The fourth-order valence-electron chi connectivity index (χ4n) is 2.68. The number of likely N-dealkylation sites (N-methyl/N-ethyl adjacent to an activating group) is 1. The van der Waals surface area contributed by atoms with Gasteiger partial charge in [-0.2, -0.15) is 17.0 Å². The third-order valence-corrected chi connectivity index (χ3v) is 6.07. The van der Waals surface area contributed by atoms with Gasteiger partial charge in [0.25, 0.3) is 16.1 Å². The van der Waals surface area contributed by atoms with E-state index in [0.717, 1.165) is 5.56 Å². The van der Waals surface area contributed by atoms with Crippen molar-refractivity contribution in [2.24, 2.45) is 0 Å². The second-order valence-corrected chi connectivity index (χ2v) is 7.99. The van der Waals surface area contributed by atoms with Gasteiger partial charge in [0.1, 0.15) is 0 Å². The first-order valence-electron chi connectivity index (χ1n) is 7.47. The SMILES string of the molecule is CNC(=O)c1cccc([C@H]2CN(S(=O)(=O)N(C)C)CCN2C)c1. The van der Waals surface area contributed by atoms with Crippen molar-refractivity contribution >= 4 is 16.1 Å². The molecule has 1 amide bonds. The molecule has 1 aromatic rings. The molecule has 0 saturated carbocycles. The Balaban J connectivity index is 2.29. The van der Waals surface area contributed by atoms with Gasteiger partial charge in [-0.15, -0.1) is 0 Å². The monoisotopic (exact) mass is 340 g/mol. The molecule has 23 heavy (non-hydrogen) atoms. The maximum absolute atomic E-state index is 12.4. The summed E-state index contributed by atoms with van der Waals surface area (Å²) in [6.07, 6.45) is 0. The summed E-state index contributed by atoms with van der Waals surface area (Å²) in [5.74, 6) is -0.150. The molecule has 1 N–H and O–H groups in total. The summed E-state index contributed by atoms with van der Waals surface area (Å²) in [6, 6.07) is 7.25. The van der Waals surface area contributed by atoms with Gasteiger partial charge in [-0.25, -0.2) is 0 Å². The van der Waals surface area contributed by atoms with Gasteiger partial charge in [0, 0.05) is 52.4 Å². The van der Waals surface area contributed by atoms with Crippen molar-refractivity contribution in [3.63, 3.8) is 0 Å². The summed E-state index contributed by atoms with van der Waals surface area (Å²) in [4.78, 5) is 13.9. The molecule has 0 bridgehead atoms. The quantitative estimate of drug-likeness (QED) is 0.846. The van der Waals surface area contributed by atoms with Crippen LogP contribution in [0.3, 0.4) is 0 Å². The van der Waals surface area contributed by atoms with Gasteiger partial charge < -0.3 is 5.32 Å². The molecule has 1 saturated heterocycles. The summed E-state index contributed by atoms with van der Waals surface area (Å²) >= 11 is 0. The number of hydrogen-bond acceptors (Lipinski definition) is 4. The van der Waals surface area contributed by atoms with Gasteiger partial charge in [-0.1, -0.05) is 12.1 Å². The highest BCUT2D eigenvalue weighted by Gasteiger charge is 2.33. The van der Waals surface area contributed by atoms with Crippen molar-refractivity contribution in [3.8, 4) is 0 Å². The lowest BCUT2D eigenvalue weighted by atomic mass is 10.0. The first-order chi connectivity index (χ1) is 10.8. The van der Waals surface area contributed by atoms with E-state index >= 15 is 0 Å². The number of carbonyl (C=O) groups excluding carboxylic acids is 1. The first kappa shape index (κ1) is 17.9. The number of benzene rings is 1. The van der Waals surface area contributed by atoms with Crippen LogP contribution in [0, 0.1) is 0 Å². The zero-order chi connectivity index (χ0) is 17.2. The minimum Gasteiger partial charge on any atom is -0.355 e. The van der Waals surface area contributed by atoms with E-state index in [0.29, 0.717) is 25.2 Å². The minimum absolute atomic E-state index is 0.0805. The Kier molecular flexibility index (Phi) is 5.41. The van der Waals surface area contributed by atoms with E-state index in [1.807, 2.05) is 25.2 Å². The maximum atomic E-state index is 12.4. The maximum Gasteiger partial charge on any atom is 0.281 e. The van der Waals surface area contributed by atoms with Crippen molar-refractivity contribution in [1.82, 2.24) is 18.8 Å². The minimum atomic E-state index is -3.43. The molecule has 1 atom stereocenters. The predicted octanol–water partition coefficient (Wildman–Crippen LogP) is 0.141. The van der Waals surface area contributed by atoms with Crippen molar-refractivity contribution in [2.75, 3.05) is 47.8 Å². The Bertz CT molecular complexity index is 675. The highest BCUT2D eigenvalue weighted by atomic mass is 32.2. The molecular weight excluding hydrogens is 316 g/mol. The lowest BCUT2D eigenvalue weighted by molar-refractivity contribution is 0.0962. The largest absolute Gasteiger partial charge is 0.355 e. The fourth-order valence-corrected chi connectivity index (χ4v) is 3.78. The second-order valence-electron chi connectivity index (χ2n) is 5.85. The van der Waals surface area contributed by atoms with E-state index in [1.54, 1.807) is 13.1 Å². The van der Waals surface area contributed by atoms with Crippen molar-refractivity contribution in [3.05, 3.63) is 35.4 Å². The molecule has 1 heterocycles. The summed E-state index contributed by atoms with van der Waals surface area (Å²) in [5, 5.41) is 2.61. The molecule has 0 aliphatic carbocycles. The summed E-state index contributed by atoms with van der Waals surface area (Å²) < 4.78 is 27.4. The Labute approximate surface area is 138 Å².